The van der Waals surface area contributed by atoms with E-state index in [1.54, 1.807) is 0 Å². The fraction of sp³-hybridized carbons (Fsp3) is 0. The lowest BCUT2D eigenvalue weighted by atomic mass is 10.2. The van der Waals surface area contributed by atoms with Crippen molar-refractivity contribution in [3.8, 4) is 6.07 Å². The number of nitrogens with zero attached hydrogens (tertiary/aromatic N) is 1. The van der Waals surface area contributed by atoms with Gasteiger partial charge in [-0.1, -0.05) is 11.6 Å². The minimum atomic E-state index is -1.24. The Hall–Kier alpha value is -2.19. The second-order valence-electron chi connectivity index (χ2n) is 3.65. The SMILES string of the molecule is N#Cc1ccc(Nc2ccc(F)c(Cl)c2)c(F)c1F. The molecule has 0 radical (unpaired) electrons. The molecule has 0 atom stereocenters. The monoisotopic (exact) mass is 282 g/mol. The van der Waals surface area contributed by atoms with Crippen molar-refractivity contribution in [3.05, 3.63) is 58.4 Å². The number of rotatable bonds is 2. The van der Waals surface area contributed by atoms with Crippen LogP contribution in [-0.4, -0.2) is 0 Å². The highest BCUT2D eigenvalue weighted by Gasteiger charge is 2.13. The third-order valence-electron chi connectivity index (χ3n) is 2.40. The van der Waals surface area contributed by atoms with Crippen LogP contribution in [0.15, 0.2) is 30.3 Å². The molecule has 96 valence electrons. The Morgan fingerprint density at radius 2 is 1.79 bits per heavy atom. The maximum Gasteiger partial charge on any atom is 0.183 e. The van der Waals surface area contributed by atoms with Gasteiger partial charge in [-0.25, -0.2) is 13.2 Å². The molecule has 2 aromatic rings. The van der Waals surface area contributed by atoms with Crippen LogP contribution < -0.4 is 5.32 Å². The summed E-state index contributed by atoms with van der Waals surface area (Å²) in [7, 11) is 0. The van der Waals surface area contributed by atoms with Crippen molar-refractivity contribution in [2.45, 2.75) is 0 Å². The van der Waals surface area contributed by atoms with E-state index in [0.29, 0.717) is 5.69 Å². The van der Waals surface area contributed by atoms with Gasteiger partial charge in [0.05, 0.1) is 16.3 Å². The Kier molecular flexibility index (Phi) is 3.63. The summed E-state index contributed by atoms with van der Waals surface area (Å²) in [5.74, 6) is -3.03. The van der Waals surface area contributed by atoms with E-state index in [-0.39, 0.29) is 16.3 Å². The molecule has 19 heavy (non-hydrogen) atoms. The van der Waals surface area contributed by atoms with Gasteiger partial charge in [-0.15, -0.1) is 0 Å². The molecule has 0 heterocycles. The van der Waals surface area contributed by atoms with Crippen LogP contribution >= 0.6 is 11.6 Å². The van der Waals surface area contributed by atoms with E-state index < -0.39 is 17.5 Å². The number of hydrogen-bond donors (Lipinski definition) is 1. The van der Waals surface area contributed by atoms with Crippen LogP contribution in [0.1, 0.15) is 5.56 Å². The maximum atomic E-state index is 13.6. The largest absolute Gasteiger partial charge is 0.353 e. The number of nitriles is 1. The Morgan fingerprint density at radius 1 is 1.05 bits per heavy atom. The lowest BCUT2D eigenvalue weighted by molar-refractivity contribution is 0.509. The van der Waals surface area contributed by atoms with Gasteiger partial charge >= 0.3 is 0 Å². The number of benzene rings is 2. The summed E-state index contributed by atoms with van der Waals surface area (Å²) < 4.78 is 40.0. The fourth-order valence-electron chi connectivity index (χ4n) is 1.46. The topological polar surface area (TPSA) is 35.8 Å². The first-order chi connectivity index (χ1) is 9.02. The molecule has 6 heteroatoms. The molecule has 2 aromatic carbocycles. The first kappa shape index (κ1) is 13.2. The molecule has 0 aromatic heterocycles. The van der Waals surface area contributed by atoms with Crippen LogP contribution in [0.3, 0.4) is 0 Å². The summed E-state index contributed by atoms with van der Waals surface area (Å²) >= 11 is 5.57. The summed E-state index contributed by atoms with van der Waals surface area (Å²) in [5, 5.41) is 11.0. The quantitative estimate of drug-likeness (QED) is 0.887. The van der Waals surface area contributed by atoms with Crippen LogP contribution in [-0.2, 0) is 0 Å². The van der Waals surface area contributed by atoms with E-state index in [1.165, 1.54) is 24.3 Å². The summed E-state index contributed by atoms with van der Waals surface area (Å²) in [4.78, 5) is 0. The minimum Gasteiger partial charge on any atom is -0.353 e. The molecule has 0 aliphatic carbocycles. The normalized spacial score (nSPS) is 10.1. The van der Waals surface area contributed by atoms with Crippen molar-refractivity contribution < 1.29 is 13.2 Å². The molecule has 1 N–H and O–H groups in total. The van der Waals surface area contributed by atoms with Gasteiger partial charge in [-0.05, 0) is 30.3 Å². The second-order valence-corrected chi connectivity index (χ2v) is 4.06. The average Bonchev–Trinajstić information content (AvgIpc) is 2.40. The van der Waals surface area contributed by atoms with E-state index in [0.717, 1.165) is 12.1 Å². The zero-order chi connectivity index (χ0) is 14.0. The highest BCUT2D eigenvalue weighted by molar-refractivity contribution is 6.31. The molecular weight excluding hydrogens is 277 g/mol. The van der Waals surface area contributed by atoms with Gasteiger partial charge in [0.2, 0.25) is 0 Å². The van der Waals surface area contributed by atoms with E-state index in [2.05, 4.69) is 5.32 Å². The second kappa shape index (κ2) is 5.21. The molecule has 2 rings (SSSR count). The van der Waals surface area contributed by atoms with Gasteiger partial charge in [0.25, 0.3) is 0 Å². The molecular formula is C13H6ClF3N2. The van der Waals surface area contributed by atoms with Gasteiger partial charge in [-0.2, -0.15) is 5.26 Å². The van der Waals surface area contributed by atoms with E-state index >= 15 is 0 Å². The number of halogens is 4. The smallest absolute Gasteiger partial charge is 0.183 e. The lowest BCUT2D eigenvalue weighted by Crippen LogP contribution is -1.98. The summed E-state index contributed by atoms with van der Waals surface area (Å²) in [6.45, 7) is 0. The Morgan fingerprint density at radius 3 is 2.42 bits per heavy atom. The molecule has 0 fully saturated rings. The molecule has 0 spiro atoms. The van der Waals surface area contributed by atoms with Gasteiger partial charge < -0.3 is 5.32 Å². The van der Waals surface area contributed by atoms with Crippen molar-refractivity contribution >= 4 is 23.0 Å². The first-order valence-corrected chi connectivity index (χ1v) is 5.51. The molecule has 0 unspecified atom stereocenters. The highest BCUT2D eigenvalue weighted by Crippen LogP contribution is 2.26. The Balaban J connectivity index is 2.36. The average molecular weight is 283 g/mol. The third-order valence-corrected chi connectivity index (χ3v) is 2.69. The van der Waals surface area contributed by atoms with Crippen LogP contribution in [0.2, 0.25) is 5.02 Å². The van der Waals surface area contributed by atoms with Crippen LogP contribution in [0, 0.1) is 28.8 Å². The van der Waals surface area contributed by atoms with E-state index in [9.17, 15) is 13.2 Å². The number of anilines is 2. The molecule has 0 bridgehead atoms. The first-order valence-electron chi connectivity index (χ1n) is 5.13. The minimum absolute atomic E-state index is 0.139. The van der Waals surface area contributed by atoms with Crippen LogP contribution in [0.25, 0.3) is 0 Å². The van der Waals surface area contributed by atoms with Crippen molar-refractivity contribution in [1.82, 2.24) is 0 Å². The predicted octanol–water partition coefficient (Wildman–Crippen LogP) is 4.37. The predicted molar refractivity (Wildman–Crippen MR) is 65.8 cm³/mol. The zero-order valence-corrected chi connectivity index (χ0v) is 10.1. The number of nitrogens with one attached hydrogen (secondary N) is 1. The molecule has 2 nitrogen and oxygen atoms in total. The third kappa shape index (κ3) is 2.64. The number of hydrogen-bond acceptors (Lipinski definition) is 2. The highest BCUT2D eigenvalue weighted by atomic mass is 35.5. The van der Waals surface area contributed by atoms with Gasteiger partial charge in [-0.3, -0.25) is 0 Å². The standard InChI is InChI=1S/C13H6ClF3N2/c14-9-5-8(2-3-10(9)15)19-11-4-1-7(6-18)12(16)13(11)17/h1-5,19H. The molecule has 0 saturated heterocycles. The van der Waals surface area contributed by atoms with Crippen molar-refractivity contribution in [2.24, 2.45) is 0 Å². The summed E-state index contributed by atoms with van der Waals surface area (Å²) in [6.07, 6.45) is 0. The molecule has 0 amide bonds. The van der Waals surface area contributed by atoms with Crippen molar-refractivity contribution in [2.75, 3.05) is 5.32 Å². The Bertz CT molecular complexity index is 680. The zero-order valence-electron chi connectivity index (χ0n) is 9.35. The van der Waals surface area contributed by atoms with Crippen LogP contribution in [0.4, 0.5) is 24.5 Å². The van der Waals surface area contributed by atoms with E-state index in [1.807, 2.05) is 0 Å². The molecule has 0 aliphatic heterocycles. The lowest BCUT2D eigenvalue weighted by Gasteiger charge is -2.09. The van der Waals surface area contributed by atoms with Crippen molar-refractivity contribution in [1.29, 1.82) is 5.26 Å². The molecule has 0 aliphatic rings. The van der Waals surface area contributed by atoms with E-state index in [4.69, 9.17) is 16.9 Å². The van der Waals surface area contributed by atoms with Crippen LogP contribution in [0.5, 0.6) is 0 Å². The van der Waals surface area contributed by atoms with Gasteiger partial charge in [0, 0.05) is 5.69 Å². The van der Waals surface area contributed by atoms with Gasteiger partial charge in [0.1, 0.15) is 11.9 Å². The molecule has 0 saturated carbocycles. The maximum absolute atomic E-state index is 13.6. The summed E-state index contributed by atoms with van der Waals surface area (Å²) in [5.41, 5.74) is -0.256. The van der Waals surface area contributed by atoms with Crippen molar-refractivity contribution in [3.63, 3.8) is 0 Å². The fourth-order valence-corrected chi connectivity index (χ4v) is 1.64. The Labute approximate surface area is 112 Å². The van der Waals surface area contributed by atoms with Gasteiger partial charge in [0.15, 0.2) is 11.6 Å². The summed E-state index contributed by atoms with van der Waals surface area (Å²) in [6, 6.07) is 7.56.